The minimum absolute atomic E-state index is 0.354. The molecule has 6 heteroatoms. The van der Waals surface area contributed by atoms with Crippen molar-refractivity contribution in [3.05, 3.63) is 24.3 Å². The van der Waals surface area contributed by atoms with Gasteiger partial charge in [0, 0.05) is 25.7 Å². The number of rotatable bonds is 1. The van der Waals surface area contributed by atoms with Crippen LogP contribution >= 0.6 is 0 Å². The Bertz CT molecular complexity index is 548. The second kappa shape index (κ2) is 6.39. The second-order valence-corrected chi connectivity index (χ2v) is 5.10. The molecular weight excluding hydrogens is 270 g/mol. The SMILES string of the molecule is CC(=O)N(C(=O)C(=O)N1CCCCC1)c1ccc(N)cc1. The van der Waals surface area contributed by atoms with Crippen LogP contribution in [0.4, 0.5) is 11.4 Å². The number of carbonyl (C=O) groups excluding carboxylic acids is 3. The van der Waals surface area contributed by atoms with Gasteiger partial charge in [-0.1, -0.05) is 0 Å². The van der Waals surface area contributed by atoms with Crippen molar-refractivity contribution >= 4 is 29.1 Å². The van der Waals surface area contributed by atoms with Gasteiger partial charge in [0.1, 0.15) is 0 Å². The van der Waals surface area contributed by atoms with Crippen LogP contribution in [-0.4, -0.2) is 35.7 Å². The van der Waals surface area contributed by atoms with E-state index in [-0.39, 0.29) is 0 Å². The first kappa shape index (κ1) is 15.0. The first-order valence-corrected chi connectivity index (χ1v) is 7.00. The van der Waals surface area contributed by atoms with Crippen LogP contribution in [0.3, 0.4) is 0 Å². The van der Waals surface area contributed by atoms with Crippen LogP contribution in [0.15, 0.2) is 24.3 Å². The number of nitrogen functional groups attached to an aromatic ring is 1. The lowest BCUT2D eigenvalue weighted by molar-refractivity contribution is -0.146. The van der Waals surface area contributed by atoms with Crippen LogP contribution in [0, 0.1) is 0 Å². The zero-order chi connectivity index (χ0) is 15.4. The van der Waals surface area contributed by atoms with Crippen molar-refractivity contribution in [1.29, 1.82) is 0 Å². The van der Waals surface area contributed by atoms with Gasteiger partial charge < -0.3 is 10.6 Å². The molecule has 0 aliphatic carbocycles. The fourth-order valence-corrected chi connectivity index (χ4v) is 2.39. The lowest BCUT2D eigenvalue weighted by Gasteiger charge is -2.28. The molecule has 1 saturated heterocycles. The number of benzene rings is 1. The standard InChI is InChI=1S/C15H19N3O3/c1-11(19)18(13-7-5-12(16)6-8-13)15(21)14(20)17-9-3-2-4-10-17/h5-8H,2-4,9-10,16H2,1H3. The molecule has 1 aliphatic rings. The molecule has 1 aliphatic heterocycles. The van der Waals surface area contributed by atoms with Gasteiger partial charge in [0.05, 0.1) is 5.69 Å². The van der Waals surface area contributed by atoms with Crippen molar-refractivity contribution in [2.24, 2.45) is 0 Å². The van der Waals surface area contributed by atoms with Gasteiger partial charge in [0.25, 0.3) is 0 Å². The van der Waals surface area contributed by atoms with E-state index in [9.17, 15) is 14.4 Å². The number of amides is 3. The van der Waals surface area contributed by atoms with Crippen LogP contribution in [0.2, 0.25) is 0 Å². The molecule has 21 heavy (non-hydrogen) atoms. The van der Waals surface area contributed by atoms with Gasteiger partial charge in [-0.2, -0.15) is 0 Å². The molecule has 1 aromatic rings. The predicted molar refractivity (Wildman–Crippen MR) is 79.5 cm³/mol. The number of piperidine rings is 1. The highest BCUT2D eigenvalue weighted by atomic mass is 16.2. The Labute approximate surface area is 123 Å². The summed E-state index contributed by atoms with van der Waals surface area (Å²) < 4.78 is 0. The Morgan fingerprint density at radius 1 is 1.05 bits per heavy atom. The third-order valence-corrected chi connectivity index (χ3v) is 3.50. The van der Waals surface area contributed by atoms with E-state index >= 15 is 0 Å². The van der Waals surface area contributed by atoms with Crippen LogP contribution in [0.5, 0.6) is 0 Å². The molecule has 2 rings (SSSR count). The van der Waals surface area contributed by atoms with Gasteiger partial charge >= 0.3 is 11.8 Å². The summed E-state index contributed by atoms with van der Waals surface area (Å²) in [5.41, 5.74) is 6.47. The third kappa shape index (κ3) is 3.39. The molecule has 0 aromatic heterocycles. The number of anilines is 2. The van der Waals surface area contributed by atoms with Crippen LogP contribution in [0.25, 0.3) is 0 Å². The zero-order valence-corrected chi connectivity index (χ0v) is 12.0. The third-order valence-electron chi connectivity index (χ3n) is 3.50. The van der Waals surface area contributed by atoms with E-state index < -0.39 is 17.7 Å². The molecule has 6 nitrogen and oxygen atoms in total. The van der Waals surface area contributed by atoms with E-state index in [1.54, 1.807) is 24.3 Å². The molecular formula is C15H19N3O3. The van der Waals surface area contributed by atoms with Gasteiger partial charge in [-0.3, -0.25) is 14.4 Å². The number of hydrogen-bond donors (Lipinski definition) is 1. The van der Waals surface area contributed by atoms with E-state index in [4.69, 9.17) is 5.73 Å². The highest BCUT2D eigenvalue weighted by molar-refractivity contribution is 6.45. The maximum atomic E-state index is 12.4. The van der Waals surface area contributed by atoms with Crippen LogP contribution in [0.1, 0.15) is 26.2 Å². The summed E-state index contributed by atoms with van der Waals surface area (Å²) in [5, 5.41) is 0. The smallest absolute Gasteiger partial charge is 0.323 e. The van der Waals surface area contributed by atoms with Crippen molar-refractivity contribution in [1.82, 2.24) is 4.90 Å². The maximum Gasteiger partial charge on any atom is 0.323 e. The molecule has 3 amide bonds. The summed E-state index contributed by atoms with van der Waals surface area (Å²) in [6.07, 6.45) is 2.84. The van der Waals surface area contributed by atoms with Gasteiger partial charge in [0.2, 0.25) is 5.91 Å². The largest absolute Gasteiger partial charge is 0.399 e. The summed E-state index contributed by atoms with van der Waals surface area (Å²) in [5.74, 6) is -1.92. The number of carbonyl (C=O) groups is 3. The monoisotopic (exact) mass is 289 g/mol. The Morgan fingerprint density at radius 3 is 2.14 bits per heavy atom. The molecule has 0 atom stereocenters. The molecule has 1 aromatic carbocycles. The first-order chi connectivity index (χ1) is 10.0. The summed E-state index contributed by atoms with van der Waals surface area (Å²) in [7, 11) is 0. The summed E-state index contributed by atoms with van der Waals surface area (Å²) in [4.78, 5) is 38.8. The normalized spacial score (nSPS) is 14.6. The molecule has 1 heterocycles. The average Bonchev–Trinajstić information content (AvgIpc) is 2.49. The van der Waals surface area contributed by atoms with Gasteiger partial charge in [0.15, 0.2) is 0 Å². The Balaban J connectivity index is 2.21. The van der Waals surface area contributed by atoms with Crippen LogP contribution < -0.4 is 10.6 Å². The Kier molecular flexibility index (Phi) is 4.57. The molecule has 0 saturated carbocycles. The van der Waals surface area contributed by atoms with Gasteiger partial charge in [-0.05, 0) is 43.5 Å². The predicted octanol–water partition coefficient (Wildman–Crippen LogP) is 1.16. The van der Waals surface area contributed by atoms with E-state index in [0.29, 0.717) is 24.5 Å². The molecule has 0 bridgehead atoms. The van der Waals surface area contributed by atoms with Crippen molar-refractivity contribution in [2.45, 2.75) is 26.2 Å². The maximum absolute atomic E-state index is 12.4. The Hall–Kier alpha value is -2.37. The van der Waals surface area contributed by atoms with E-state index in [0.717, 1.165) is 24.2 Å². The van der Waals surface area contributed by atoms with Crippen molar-refractivity contribution in [3.8, 4) is 0 Å². The van der Waals surface area contributed by atoms with E-state index in [1.165, 1.54) is 11.8 Å². The summed E-state index contributed by atoms with van der Waals surface area (Å²) in [6.45, 7) is 2.40. The number of likely N-dealkylation sites (tertiary alicyclic amines) is 1. The van der Waals surface area contributed by atoms with Crippen LogP contribution in [-0.2, 0) is 14.4 Å². The number of nitrogens with zero attached hydrogens (tertiary/aromatic N) is 2. The number of imide groups is 1. The van der Waals surface area contributed by atoms with Crippen molar-refractivity contribution < 1.29 is 14.4 Å². The number of hydrogen-bond acceptors (Lipinski definition) is 4. The van der Waals surface area contributed by atoms with Crippen molar-refractivity contribution in [2.75, 3.05) is 23.7 Å². The average molecular weight is 289 g/mol. The van der Waals surface area contributed by atoms with Gasteiger partial charge in [-0.15, -0.1) is 0 Å². The minimum Gasteiger partial charge on any atom is -0.399 e. The van der Waals surface area contributed by atoms with Gasteiger partial charge in [-0.25, -0.2) is 4.90 Å². The fraction of sp³-hybridized carbons (Fsp3) is 0.400. The lowest BCUT2D eigenvalue weighted by atomic mass is 10.1. The fourth-order valence-electron chi connectivity index (χ4n) is 2.39. The second-order valence-electron chi connectivity index (χ2n) is 5.10. The topological polar surface area (TPSA) is 83.7 Å². The first-order valence-electron chi connectivity index (χ1n) is 7.00. The van der Waals surface area contributed by atoms with E-state index in [1.807, 2.05) is 0 Å². The molecule has 0 spiro atoms. The van der Waals surface area contributed by atoms with Crippen molar-refractivity contribution in [3.63, 3.8) is 0 Å². The quantitative estimate of drug-likeness (QED) is 0.621. The minimum atomic E-state index is -0.811. The summed E-state index contributed by atoms with van der Waals surface area (Å²) >= 11 is 0. The lowest BCUT2D eigenvalue weighted by Crippen LogP contribution is -2.48. The number of nitrogens with two attached hydrogens (primary N) is 1. The summed E-state index contributed by atoms with van der Waals surface area (Å²) in [6, 6.07) is 6.28. The molecule has 0 unspecified atom stereocenters. The highest BCUT2D eigenvalue weighted by Crippen LogP contribution is 2.18. The molecule has 0 radical (unpaired) electrons. The molecule has 112 valence electrons. The highest BCUT2D eigenvalue weighted by Gasteiger charge is 2.31. The van der Waals surface area contributed by atoms with E-state index in [2.05, 4.69) is 0 Å². The molecule has 2 N–H and O–H groups in total. The zero-order valence-electron chi connectivity index (χ0n) is 12.0. The molecule has 1 fully saturated rings. The Morgan fingerprint density at radius 2 is 1.62 bits per heavy atom.